The smallest absolute Gasteiger partial charge is 0.263 e. The Kier molecular flexibility index (Phi) is 6.68. The van der Waals surface area contributed by atoms with Gasteiger partial charge in [0.25, 0.3) is 5.91 Å². The number of fused-ring (bicyclic) bond motifs is 1. The SMILES string of the molecule is Cc1nc(-c2cccnc2)sc1C(=O)N[C@H](C(=O)N1C[C@H](Cl)[C@H]2OCC(=O)[C@H]21)C1CCCCC1. The number of likely N-dealkylation sites (tertiary alicyclic amines) is 1. The number of hydrogen-bond donors (Lipinski definition) is 1. The zero-order chi connectivity index (χ0) is 23.8. The highest BCUT2D eigenvalue weighted by molar-refractivity contribution is 7.17. The summed E-state index contributed by atoms with van der Waals surface area (Å²) in [5, 5.41) is 3.29. The topological polar surface area (TPSA) is 101 Å². The molecule has 10 heteroatoms. The van der Waals surface area contributed by atoms with Crippen LogP contribution in [0.4, 0.5) is 0 Å². The van der Waals surface area contributed by atoms with Crippen molar-refractivity contribution in [3.63, 3.8) is 0 Å². The Morgan fingerprint density at radius 2 is 2.09 bits per heavy atom. The Bertz CT molecular complexity index is 1090. The molecule has 2 saturated heterocycles. The van der Waals surface area contributed by atoms with Gasteiger partial charge in [-0.15, -0.1) is 22.9 Å². The van der Waals surface area contributed by atoms with Gasteiger partial charge < -0.3 is 15.0 Å². The predicted octanol–water partition coefficient (Wildman–Crippen LogP) is 2.98. The Labute approximate surface area is 207 Å². The minimum atomic E-state index is -0.716. The van der Waals surface area contributed by atoms with E-state index in [9.17, 15) is 14.4 Å². The summed E-state index contributed by atoms with van der Waals surface area (Å²) in [5.74, 6) is -0.677. The first-order valence-corrected chi connectivity index (χ1v) is 13.0. The molecule has 3 fully saturated rings. The molecule has 3 aliphatic rings. The molecule has 0 unspecified atom stereocenters. The molecule has 1 N–H and O–H groups in total. The van der Waals surface area contributed by atoms with Crippen molar-refractivity contribution in [2.45, 2.75) is 62.6 Å². The van der Waals surface area contributed by atoms with Crippen molar-refractivity contribution in [1.29, 1.82) is 0 Å². The maximum Gasteiger partial charge on any atom is 0.263 e. The molecule has 5 rings (SSSR count). The molecule has 2 aliphatic heterocycles. The van der Waals surface area contributed by atoms with Crippen molar-refractivity contribution in [2.75, 3.05) is 13.2 Å². The number of aryl methyl sites for hydroxylation is 1. The predicted molar refractivity (Wildman–Crippen MR) is 128 cm³/mol. The number of carbonyl (C=O) groups is 3. The van der Waals surface area contributed by atoms with Crippen LogP contribution in [-0.2, 0) is 14.3 Å². The lowest BCUT2D eigenvalue weighted by Crippen LogP contribution is -2.55. The number of alkyl halides is 1. The summed E-state index contributed by atoms with van der Waals surface area (Å²) in [4.78, 5) is 50.3. The first-order valence-electron chi connectivity index (χ1n) is 11.7. The third kappa shape index (κ3) is 4.36. The normalized spacial score (nSPS) is 25.9. The molecule has 8 nitrogen and oxygen atoms in total. The number of thiazole rings is 1. The summed E-state index contributed by atoms with van der Waals surface area (Å²) in [6.45, 7) is 2.01. The van der Waals surface area contributed by atoms with E-state index in [-0.39, 0.29) is 36.7 Å². The van der Waals surface area contributed by atoms with Gasteiger partial charge in [0.2, 0.25) is 5.91 Å². The number of amides is 2. The lowest BCUT2D eigenvalue weighted by atomic mass is 9.83. The summed E-state index contributed by atoms with van der Waals surface area (Å²) in [5.41, 5.74) is 1.45. The second kappa shape index (κ2) is 9.71. The van der Waals surface area contributed by atoms with Crippen LogP contribution in [0.25, 0.3) is 10.6 Å². The van der Waals surface area contributed by atoms with Crippen LogP contribution in [0.1, 0.15) is 47.5 Å². The molecule has 0 radical (unpaired) electrons. The quantitative estimate of drug-likeness (QED) is 0.631. The van der Waals surface area contributed by atoms with Gasteiger partial charge in [0.15, 0.2) is 5.78 Å². The number of aromatic nitrogens is 2. The lowest BCUT2D eigenvalue weighted by Gasteiger charge is -2.34. The van der Waals surface area contributed by atoms with Crippen LogP contribution in [0.2, 0.25) is 0 Å². The van der Waals surface area contributed by atoms with Gasteiger partial charge in [0.05, 0.1) is 11.1 Å². The standard InChI is InChI=1S/C24H27ClN4O4S/c1-13-21(34-23(27-13)15-8-5-9-26-10-15)22(31)28-18(14-6-3-2-4-7-14)24(32)29-11-16(25)20-19(29)17(30)12-33-20/h5,8-10,14,16,18-20H,2-4,6-7,11-12H2,1H3,(H,28,31)/t16-,18-,19+,20+/m0/s1. The molecule has 180 valence electrons. The highest BCUT2D eigenvalue weighted by Crippen LogP contribution is 2.34. The maximum absolute atomic E-state index is 13.8. The molecule has 0 bridgehead atoms. The van der Waals surface area contributed by atoms with E-state index in [1.165, 1.54) is 16.2 Å². The van der Waals surface area contributed by atoms with Crippen LogP contribution in [-0.4, -0.2) is 69.2 Å². The van der Waals surface area contributed by atoms with E-state index in [1.807, 2.05) is 12.1 Å². The van der Waals surface area contributed by atoms with Crippen LogP contribution in [0.3, 0.4) is 0 Å². The summed E-state index contributed by atoms with van der Waals surface area (Å²) >= 11 is 7.71. The van der Waals surface area contributed by atoms with Gasteiger partial charge in [0, 0.05) is 24.5 Å². The highest BCUT2D eigenvalue weighted by atomic mass is 35.5. The molecule has 2 aromatic heterocycles. The summed E-state index contributed by atoms with van der Waals surface area (Å²) in [6, 6.07) is 2.34. The molecular formula is C24H27ClN4O4S. The van der Waals surface area contributed by atoms with Crippen LogP contribution in [0.15, 0.2) is 24.5 Å². The Hall–Kier alpha value is -2.36. The van der Waals surface area contributed by atoms with Crippen LogP contribution < -0.4 is 5.32 Å². The number of ether oxygens (including phenoxy) is 1. The summed E-state index contributed by atoms with van der Waals surface area (Å²) in [7, 11) is 0. The van der Waals surface area contributed by atoms with E-state index >= 15 is 0 Å². The molecule has 2 amide bonds. The van der Waals surface area contributed by atoms with Crippen LogP contribution in [0, 0.1) is 12.8 Å². The number of nitrogens with one attached hydrogen (secondary N) is 1. The van der Waals surface area contributed by atoms with Gasteiger partial charge in [-0.3, -0.25) is 19.4 Å². The van der Waals surface area contributed by atoms with E-state index in [0.717, 1.165) is 37.7 Å². The van der Waals surface area contributed by atoms with E-state index in [2.05, 4.69) is 15.3 Å². The molecule has 34 heavy (non-hydrogen) atoms. The van der Waals surface area contributed by atoms with Crippen molar-refractivity contribution < 1.29 is 19.1 Å². The van der Waals surface area contributed by atoms with Crippen LogP contribution in [0.5, 0.6) is 0 Å². The van der Waals surface area contributed by atoms with Crippen molar-refractivity contribution in [1.82, 2.24) is 20.2 Å². The third-order valence-corrected chi connectivity index (χ3v) is 8.58. The molecule has 0 aromatic carbocycles. The largest absolute Gasteiger partial charge is 0.366 e. The monoisotopic (exact) mass is 502 g/mol. The second-order valence-electron chi connectivity index (χ2n) is 9.22. The number of Topliss-reactive ketones (excluding diaryl/α,β-unsaturated/α-hetero) is 1. The van der Waals surface area contributed by atoms with Gasteiger partial charge in [-0.1, -0.05) is 19.3 Å². The lowest BCUT2D eigenvalue weighted by molar-refractivity contribution is -0.139. The minimum absolute atomic E-state index is 0.0153. The Balaban J connectivity index is 1.40. The fourth-order valence-electron chi connectivity index (χ4n) is 5.28. The van der Waals surface area contributed by atoms with Crippen molar-refractivity contribution >= 4 is 40.5 Å². The molecule has 0 spiro atoms. The fraction of sp³-hybridized carbons (Fsp3) is 0.542. The number of rotatable bonds is 5. The molecule has 2 aromatic rings. The summed E-state index contributed by atoms with van der Waals surface area (Å²) < 4.78 is 5.54. The number of hydrogen-bond acceptors (Lipinski definition) is 7. The van der Waals surface area contributed by atoms with E-state index in [1.54, 1.807) is 19.3 Å². The van der Waals surface area contributed by atoms with Crippen molar-refractivity contribution in [3.8, 4) is 10.6 Å². The minimum Gasteiger partial charge on any atom is -0.366 e. The van der Waals surface area contributed by atoms with Gasteiger partial charge in [0.1, 0.15) is 34.7 Å². The molecule has 4 atom stereocenters. The summed E-state index contributed by atoms with van der Waals surface area (Å²) in [6.07, 6.45) is 7.78. The van der Waals surface area contributed by atoms with E-state index < -0.39 is 23.6 Å². The number of ketones is 1. The Morgan fingerprint density at radius 1 is 1.29 bits per heavy atom. The Morgan fingerprint density at radius 3 is 2.82 bits per heavy atom. The third-order valence-electron chi connectivity index (χ3n) is 6.99. The highest BCUT2D eigenvalue weighted by Gasteiger charge is 2.53. The van der Waals surface area contributed by atoms with Crippen LogP contribution >= 0.6 is 22.9 Å². The molecule has 1 saturated carbocycles. The zero-order valence-electron chi connectivity index (χ0n) is 18.9. The molecular weight excluding hydrogens is 476 g/mol. The number of pyridine rings is 1. The van der Waals surface area contributed by atoms with Gasteiger partial charge >= 0.3 is 0 Å². The van der Waals surface area contributed by atoms with E-state index in [0.29, 0.717) is 15.6 Å². The van der Waals surface area contributed by atoms with Gasteiger partial charge in [-0.05, 0) is 37.8 Å². The number of carbonyl (C=O) groups excluding carboxylic acids is 3. The maximum atomic E-state index is 13.8. The van der Waals surface area contributed by atoms with Crippen molar-refractivity contribution in [2.24, 2.45) is 5.92 Å². The number of nitrogens with zero attached hydrogens (tertiary/aromatic N) is 3. The average Bonchev–Trinajstić information content (AvgIpc) is 3.53. The first kappa shape index (κ1) is 23.4. The number of halogens is 1. The van der Waals surface area contributed by atoms with E-state index in [4.69, 9.17) is 16.3 Å². The van der Waals surface area contributed by atoms with Gasteiger partial charge in [-0.2, -0.15) is 0 Å². The zero-order valence-corrected chi connectivity index (χ0v) is 20.5. The fourth-order valence-corrected chi connectivity index (χ4v) is 6.60. The van der Waals surface area contributed by atoms with Gasteiger partial charge in [-0.25, -0.2) is 4.98 Å². The second-order valence-corrected chi connectivity index (χ2v) is 10.8. The first-order chi connectivity index (χ1) is 16.4. The van der Waals surface area contributed by atoms with Crippen molar-refractivity contribution in [3.05, 3.63) is 35.1 Å². The average molecular weight is 503 g/mol. The molecule has 4 heterocycles. The molecule has 1 aliphatic carbocycles.